The van der Waals surface area contributed by atoms with Crippen LogP contribution in [-0.4, -0.2) is 59.7 Å². The SMILES string of the molecule is CC(C)CC(NC(=O)OC(c1ccccc1)C(C)(C)c1cccc(Cl)c1)C(=O)NC(C[C@@H]1CCNC1=O)C(O)C(=O)NC1CC1. The van der Waals surface area contributed by atoms with Crippen LogP contribution in [0.1, 0.15) is 77.0 Å². The lowest BCUT2D eigenvalue weighted by molar-refractivity contribution is -0.134. The normalized spacial score (nSPS) is 19.2. The van der Waals surface area contributed by atoms with Crippen molar-refractivity contribution in [2.75, 3.05) is 6.54 Å². The Morgan fingerprint density at radius 2 is 1.73 bits per heavy atom. The maximum atomic E-state index is 13.7. The third-order valence-corrected chi connectivity index (χ3v) is 8.70. The fourth-order valence-corrected chi connectivity index (χ4v) is 5.90. The summed E-state index contributed by atoms with van der Waals surface area (Å²) in [5.74, 6) is -1.80. The van der Waals surface area contributed by atoms with E-state index in [1.807, 2.05) is 76.2 Å². The quantitative estimate of drug-likeness (QED) is 0.210. The molecule has 1 aliphatic carbocycles. The Hall–Kier alpha value is -3.63. The minimum Gasteiger partial charge on any atom is -0.440 e. The first-order valence-corrected chi connectivity index (χ1v) is 16.1. The largest absolute Gasteiger partial charge is 0.440 e. The van der Waals surface area contributed by atoms with Crippen LogP contribution in [0.4, 0.5) is 4.79 Å². The Bertz CT molecular complexity index is 1350. The van der Waals surface area contributed by atoms with Gasteiger partial charge in [-0.3, -0.25) is 14.4 Å². The lowest BCUT2D eigenvalue weighted by Crippen LogP contribution is -2.56. The Morgan fingerprint density at radius 3 is 2.33 bits per heavy atom. The van der Waals surface area contributed by atoms with Gasteiger partial charge in [0.25, 0.3) is 5.91 Å². The second kappa shape index (κ2) is 15.1. The lowest BCUT2D eigenvalue weighted by Gasteiger charge is -2.35. The average Bonchev–Trinajstić information content (AvgIpc) is 3.73. The van der Waals surface area contributed by atoms with Gasteiger partial charge in [-0.2, -0.15) is 0 Å². The molecule has 0 radical (unpaired) electrons. The number of alkyl carbamates (subject to hydrolysis) is 1. The average molecular weight is 641 g/mol. The molecule has 2 aromatic carbocycles. The van der Waals surface area contributed by atoms with Gasteiger partial charge in [0.2, 0.25) is 11.8 Å². The molecule has 45 heavy (non-hydrogen) atoms. The second-order valence-corrected chi connectivity index (χ2v) is 13.5. The van der Waals surface area contributed by atoms with Crippen molar-refractivity contribution in [3.63, 3.8) is 0 Å². The summed E-state index contributed by atoms with van der Waals surface area (Å²) in [4.78, 5) is 52.4. The molecule has 1 heterocycles. The van der Waals surface area contributed by atoms with Crippen molar-refractivity contribution in [1.82, 2.24) is 21.3 Å². The third-order valence-electron chi connectivity index (χ3n) is 8.47. The second-order valence-electron chi connectivity index (χ2n) is 13.1. The van der Waals surface area contributed by atoms with Crippen LogP contribution in [0.2, 0.25) is 5.02 Å². The van der Waals surface area contributed by atoms with Crippen LogP contribution in [0, 0.1) is 11.8 Å². The van der Waals surface area contributed by atoms with Gasteiger partial charge >= 0.3 is 6.09 Å². The number of carbonyl (C=O) groups excluding carboxylic acids is 4. The summed E-state index contributed by atoms with van der Waals surface area (Å²) in [5, 5.41) is 22.6. The molecule has 5 atom stereocenters. The number of hydrogen-bond acceptors (Lipinski definition) is 6. The van der Waals surface area contributed by atoms with Crippen molar-refractivity contribution in [2.45, 2.75) is 95.5 Å². The van der Waals surface area contributed by atoms with Crippen LogP contribution in [0.15, 0.2) is 54.6 Å². The van der Waals surface area contributed by atoms with Gasteiger partial charge in [-0.15, -0.1) is 0 Å². The minimum absolute atomic E-state index is 0.0102. The van der Waals surface area contributed by atoms with Gasteiger partial charge in [0.05, 0.1) is 6.04 Å². The molecule has 1 saturated carbocycles. The molecule has 2 fully saturated rings. The molecular formula is C34H45ClN4O6. The predicted molar refractivity (Wildman–Crippen MR) is 171 cm³/mol. The first-order valence-electron chi connectivity index (χ1n) is 15.7. The summed E-state index contributed by atoms with van der Waals surface area (Å²) < 4.78 is 6.08. The summed E-state index contributed by atoms with van der Waals surface area (Å²) in [6, 6.07) is 14.7. The standard InChI is InChI=1S/C34H45ClN4O6/c1-20(2)17-27(31(42)38-26(18-22-15-16-36-30(22)41)28(40)32(43)37-25-13-14-25)39-33(44)45-29(21-9-6-5-7-10-21)34(3,4)23-11-8-12-24(35)19-23/h5-12,19-20,22,25-29,40H,13-18H2,1-4H3,(H,36,41)(H,37,43)(H,38,42)(H,39,44)/t22-,26?,27?,28?,29?/m0/s1. The van der Waals surface area contributed by atoms with E-state index in [1.165, 1.54) is 0 Å². The molecular weight excluding hydrogens is 596 g/mol. The molecule has 0 bridgehead atoms. The fraction of sp³-hybridized carbons (Fsp3) is 0.529. The zero-order valence-electron chi connectivity index (χ0n) is 26.3. The number of amides is 4. The monoisotopic (exact) mass is 640 g/mol. The number of aliphatic hydroxyl groups is 1. The van der Waals surface area contributed by atoms with Gasteiger partial charge in [0.15, 0.2) is 6.10 Å². The molecule has 2 aliphatic rings. The molecule has 11 heteroatoms. The molecule has 1 aliphatic heterocycles. The smallest absolute Gasteiger partial charge is 0.408 e. The zero-order valence-corrected chi connectivity index (χ0v) is 27.1. The van der Waals surface area contributed by atoms with E-state index in [1.54, 1.807) is 6.07 Å². The van der Waals surface area contributed by atoms with Crippen LogP contribution >= 0.6 is 11.6 Å². The minimum atomic E-state index is -1.56. The number of halogens is 1. The van der Waals surface area contributed by atoms with Gasteiger partial charge in [-0.1, -0.05) is 81.8 Å². The van der Waals surface area contributed by atoms with Crippen molar-refractivity contribution in [3.05, 3.63) is 70.7 Å². The lowest BCUT2D eigenvalue weighted by atomic mass is 9.76. The van der Waals surface area contributed by atoms with Crippen molar-refractivity contribution in [3.8, 4) is 0 Å². The van der Waals surface area contributed by atoms with Crippen molar-refractivity contribution in [2.24, 2.45) is 11.8 Å². The molecule has 4 rings (SSSR count). The number of nitrogens with one attached hydrogen (secondary N) is 4. The van der Waals surface area contributed by atoms with Gasteiger partial charge < -0.3 is 31.1 Å². The number of benzene rings is 2. The first-order chi connectivity index (χ1) is 21.3. The topological polar surface area (TPSA) is 146 Å². The summed E-state index contributed by atoms with van der Waals surface area (Å²) in [6.07, 6.45) is -0.529. The van der Waals surface area contributed by atoms with Gasteiger partial charge in [0.1, 0.15) is 12.1 Å². The number of aliphatic hydroxyl groups excluding tert-OH is 1. The molecule has 4 unspecified atom stereocenters. The summed E-state index contributed by atoms with van der Waals surface area (Å²) in [7, 11) is 0. The predicted octanol–water partition coefficient (Wildman–Crippen LogP) is 4.15. The van der Waals surface area contributed by atoms with E-state index in [0.29, 0.717) is 18.0 Å². The number of ether oxygens (including phenoxy) is 1. The van der Waals surface area contributed by atoms with Crippen LogP contribution in [-0.2, 0) is 24.5 Å². The summed E-state index contributed by atoms with van der Waals surface area (Å²) >= 11 is 6.30. The molecule has 244 valence electrons. The molecule has 4 amide bonds. The van der Waals surface area contributed by atoms with Crippen LogP contribution < -0.4 is 21.3 Å². The van der Waals surface area contributed by atoms with Crippen molar-refractivity contribution in [1.29, 1.82) is 0 Å². The highest BCUT2D eigenvalue weighted by atomic mass is 35.5. The van der Waals surface area contributed by atoms with Crippen molar-refractivity contribution < 1.29 is 29.0 Å². The van der Waals surface area contributed by atoms with Crippen molar-refractivity contribution >= 4 is 35.4 Å². The molecule has 0 aromatic heterocycles. The molecule has 1 saturated heterocycles. The Labute approximate surface area is 270 Å². The maximum Gasteiger partial charge on any atom is 0.408 e. The Balaban J connectivity index is 1.52. The van der Waals surface area contributed by atoms with Gasteiger partial charge in [-0.25, -0.2) is 4.79 Å². The molecule has 0 spiro atoms. The van der Waals surface area contributed by atoms with E-state index in [9.17, 15) is 24.3 Å². The van der Waals surface area contributed by atoms with E-state index >= 15 is 0 Å². The number of hydrogen-bond donors (Lipinski definition) is 5. The molecule has 10 nitrogen and oxygen atoms in total. The van der Waals surface area contributed by atoms with Gasteiger partial charge in [0, 0.05) is 28.9 Å². The van der Waals surface area contributed by atoms with E-state index < -0.39 is 53.5 Å². The summed E-state index contributed by atoms with van der Waals surface area (Å²) in [5.41, 5.74) is 0.929. The first kappa shape index (κ1) is 34.2. The Kier molecular flexibility index (Phi) is 11.5. The van der Waals surface area contributed by atoms with E-state index in [4.69, 9.17) is 16.3 Å². The van der Waals surface area contributed by atoms with E-state index in [2.05, 4.69) is 21.3 Å². The van der Waals surface area contributed by atoms with Gasteiger partial charge in [-0.05, 0) is 61.3 Å². The number of carbonyl (C=O) groups is 4. The van der Waals surface area contributed by atoms with Crippen LogP contribution in [0.3, 0.4) is 0 Å². The molecule has 5 N–H and O–H groups in total. The van der Waals surface area contributed by atoms with E-state index in [-0.39, 0.29) is 30.7 Å². The highest BCUT2D eigenvalue weighted by Gasteiger charge is 2.39. The Morgan fingerprint density at radius 1 is 1.02 bits per heavy atom. The summed E-state index contributed by atoms with van der Waals surface area (Å²) in [6.45, 7) is 8.24. The third kappa shape index (κ3) is 9.43. The molecule has 2 aromatic rings. The number of rotatable bonds is 14. The highest BCUT2D eigenvalue weighted by Crippen LogP contribution is 2.40. The zero-order chi connectivity index (χ0) is 32.7. The van der Waals surface area contributed by atoms with Crippen LogP contribution in [0.25, 0.3) is 0 Å². The highest BCUT2D eigenvalue weighted by molar-refractivity contribution is 6.30. The maximum absolute atomic E-state index is 13.7. The van der Waals surface area contributed by atoms with Crippen LogP contribution in [0.5, 0.6) is 0 Å². The van der Waals surface area contributed by atoms with E-state index in [0.717, 1.165) is 24.0 Å². The fourth-order valence-electron chi connectivity index (χ4n) is 5.71.